The normalized spacial score (nSPS) is 25.3. The molecule has 0 bridgehead atoms. The van der Waals surface area contributed by atoms with Gasteiger partial charge >= 0.3 is 0 Å². The molecule has 0 aromatic heterocycles. The van der Waals surface area contributed by atoms with Crippen molar-refractivity contribution < 1.29 is 9.59 Å². The van der Waals surface area contributed by atoms with Gasteiger partial charge in [0.25, 0.3) is 5.91 Å². The first-order valence-corrected chi connectivity index (χ1v) is 12.5. The predicted octanol–water partition coefficient (Wildman–Crippen LogP) is 5.22. The fraction of sp³-hybridized carbons (Fsp3) is 0.333. The van der Waals surface area contributed by atoms with Crippen LogP contribution >= 0.6 is 0 Å². The lowest BCUT2D eigenvalue weighted by Crippen LogP contribution is -2.50. The van der Waals surface area contributed by atoms with E-state index in [2.05, 4.69) is 47.8 Å². The van der Waals surface area contributed by atoms with Gasteiger partial charge in [-0.25, -0.2) is 0 Å². The predicted molar refractivity (Wildman–Crippen MR) is 133 cm³/mol. The summed E-state index contributed by atoms with van der Waals surface area (Å²) in [5.41, 5.74) is 5.25. The maximum atomic E-state index is 13.9. The van der Waals surface area contributed by atoms with E-state index < -0.39 is 5.92 Å². The Morgan fingerprint density at radius 3 is 2.47 bits per heavy atom. The molecule has 1 fully saturated rings. The standard InChI is InChI=1S/C30H30N2O2/c33-29(31-19-22-12-8-16-23(22)20-9-2-1-3-10-20)27-25-14-6-7-15-26(25)30(34)32-18-17-21-11-4-5-13-24(21)28(27)32/h1-7,9-11,13-15,22-23,27-28H,8,12,16-19H2,(H,31,33). The summed E-state index contributed by atoms with van der Waals surface area (Å²) in [4.78, 5) is 29.2. The second-order valence-electron chi connectivity index (χ2n) is 9.91. The first-order chi connectivity index (χ1) is 16.7. The Balaban J connectivity index is 1.31. The second kappa shape index (κ2) is 8.75. The summed E-state index contributed by atoms with van der Waals surface area (Å²) < 4.78 is 0. The summed E-state index contributed by atoms with van der Waals surface area (Å²) in [7, 11) is 0. The van der Waals surface area contributed by atoms with E-state index in [-0.39, 0.29) is 17.9 Å². The SMILES string of the molecule is O=C(NCC1CCCC1c1ccccc1)C1c2ccccc2C(=O)N2CCc3ccccc3C12. The van der Waals surface area contributed by atoms with Gasteiger partial charge in [0, 0.05) is 18.7 Å². The highest BCUT2D eigenvalue weighted by atomic mass is 16.2. The molecule has 0 saturated heterocycles. The number of amides is 2. The van der Waals surface area contributed by atoms with Gasteiger partial charge in [-0.15, -0.1) is 0 Å². The number of rotatable bonds is 4. The van der Waals surface area contributed by atoms with Crippen molar-refractivity contribution in [3.63, 3.8) is 0 Å². The number of carbonyl (C=O) groups is 2. The Morgan fingerprint density at radius 2 is 1.62 bits per heavy atom. The number of nitrogens with one attached hydrogen (secondary N) is 1. The number of benzene rings is 3. The zero-order chi connectivity index (χ0) is 23.1. The van der Waals surface area contributed by atoms with Gasteiger partial charge in [0.1, 0.15) is 0 Å². The van der Waals surface area contributed by atoms with Crippen molar-refractivity contribution in [1.29, 1.82) is 0 Å². The number of carbonyl (C=O) groups excluding carboxylic acids is 2. The Kier molecular flexibility index (Phi) is 5.44. The maximum Gasteiger partial charge on any atom is 0.254 e. The summed E-state index contributed by atoms with van der Waals surface area (Å²) >= 11 is 0. The molecule has 0 radical (unpaired) electrons. The molecule has 172 valence electrons. The molecule has 0 spiro atoms. The van der Waals surface area contributed by atoms with E-state index in [1.165, 1.54) is 24.0 Å². The average molecular weight is 451 g/mol. The Bertz CT molecular complexity index is 1220. The molecular formula is C30H30N2O2. The molecule has 4 nitrogen and oxygen atoms in total. The van der Waals surface area contributed by atoms with E-state index in [1.54, 1.807) is 0 Å². The van der Waals surface area contributed by atoms with Gasteiger partial charge in [-0.2, -0.15) is 0 Å². The largest absolute Gasteiger partial charge is 0.355 e. The smallest absolute Gasteiger partial charge is 0.254 e. The third-order valence-corrected chi connectivity index (χ3v) is 8.14. The minimum Gasteiger partial charge on any atom is -0.355 e. The zero-order valence-corrected chi connectivity index (χ0v) is 19.3. The van der Waals surface area contributed by atoms with Gasteiger partial charge in [0.2, 0.25) is 5.91 Å². The quantitative estimate of drug-likeness (QED) is 0.592. The number of hydrogen-bond donors (Lipinski definition) is 1. The zero-order valence-electron chi connectivity index (χ0n) is 19.3. The summed E-state index contributed by atoms with van der Waals surface area (Å²) in [5, 5.41) is 3.34. The van der Waals surface area contributed by atoms with Gasteiger partial charge < -0.3 is 10.2 Å². The van der Waals surface area contributed by atoms with Crippen LogP contribution < -0.4 is 5.32 Å². The molecule has 34 heavy (non-hydrogen) atoms. The van der Waals surface area contributed by atoms with E-state index in [0.717, 1.165) is 24.0 Å². The van der Waals surface area contributed by atoms with Crippen LogP contribution in [-0.4, -0.2) is 29.8 Å². The number of nitrogens with zero attached hydrogens (tertiary/aromatic N) is 1. The first-order valence-electron chi connectivity index (χ1n) is 12.5. The molecule has 2 aliphatic heterocycles. The minimum atomic E-state index is -0.396. The summed E-state index contributed by atoms with van der Waals surface area (Å²) in [6, 6.07) is 26.4. The summed E-state index contributed by atoms with van der Waals surface area (Å²) in [6.45, 7) is 1.33. The van der Waals surface area contributed by atoms with Crippen molar-refractivity contribution in [2.24, 2.45) is 5.92 Å². The van der Waals surface area contributed by atoms with Gasteiger partial charge in [-0.1, -0.05) is 79.2 Å². The molecule has 2 amide bonds. The molecule has 3 aromatic rings. The van der Waals surface area contributed by atoms with Crippen LogP contribution in [0.5, 0.6) is 0 Å². The third-order valence-electron chi connectivity index (χ3n) is 8.14. The number of hydrogen-bond acceptors (Lipinski definition) is 2. The molecule has 3 aromatic carbocycles. The van der Waals surface area contributed by atoms with Crippen molar-refractivity contribution in [2.45, 2.75) is 43.6 Å². The molecule has 1 saturated carbocycles. The van der Waals surface area contributed by atoms with E-state index in [9.17, 15) is 9.59 Å². The first kappa shape index (κ1) is 21.2. The topological polar surface area (TPSA) is 49.4 Å². The fourth-order valence-electron chi connectivity index (χ4n) is 6.52. The fourth-order valence-corrected chi connectivity index (χ4v) is 6.52. The third kappa shape index (κ3) is 3.53. The molecule has 1 aliphatic carbocycles. The number of fused-ring (bicyclic) bond motifs is 4. The second-order valence-corrected chi connectivity index (χ2v) is 9.91. The van der Waals surface area contributed by atoms with Crippen molar-refractivity contribution in [1.82, 2.24) is 10.2 Å². The minimum absolute atomic E-state index is 0.0327. The van der Waals surface area contributed by atoms with Crippen molar-refractivity contribution >= 4 is 11.8 Å². The molecule has 1 N–H and O–H groups in total. The lowest BCUT2D eigenvalue weighted by molar-refractivity contribution is -0.124. The van der Waals surface area contributed by atoms with Gasteiger partial charge in [0.15, 0.2) is 0 Å². The van der Waals surface area contributed by atoms with Crippen LogP contribution in [0.4, 0.5) is 0 Å². The van der Waals surface area contributed by atoms with Crippen LogP contribution in [0.1, 0.15) is 69.8 Å². The molecular weight excluding hydrogens is 420 g/mol. The van der Waals surface area contributed by atoms with Crippen LogP contribution in [0.2, 0.25) is 0 Å². The lowest BCUT2D eigenvalue weighted by Gasteiger charge is -2.45. The van der Waals surface area contributed by atoms with Crippen molar-refractivity contribution in [3.05, 3.63) is 107 Å². The highest BCUT2D eigenvalue weighted by Crippen LogP contribution is 2.46. The van der Waals surface area contributed by atoms with Crippen LogP contribution in [0.3, 0.4) is 0 Å². The highest BCUT2D eigenvalue weighted by Gasteiger charge is 2.46. The van der Waals surface area contributed by atoms with Crippen molar-refractivity contribution in [3.8, 4) is 0 Å². The van der Waals surface area contributed by atoms with E-state index in [4.69, 9.17) is 0 Å². The monoisotopic (exact) mass is 450 g/mol. The van der Waals surface area contributed by atoms with Gasteiger partial charge in [0.05, 0.1) is 12.0 Å². The maximum absolute atomic E-state index is 13.9. The molecule has 2 heterocycles. The lowest BCUT2D eigenvalue weighted by atomic mass is 9.75. The molecule has 3 aliphatic rings. The summed E-state index contributed by atoms with van der Waals surface area (Å²) in [6.07, 6.45) is 4.34. The van der Waals surface area contributed by atoms with E-state index in [0.29, 0.717) is 30.5 Å². The summed E-state index contributed by atoms with van der Waals surface area (Å²) in [5.74, 6) is 0.617. The average Bonchev–Trinajstić information content (AvgIpc) is 3.37. The molecule has 4 atom stereocenters. The van der Waals surface area contributed by atoms with E-state index in [1.807, 2.05) is 41.3 Å². The van der Waals surface area contributed by atoms with Crippen molar-refractivity contribution in [2.75, 3.05) is 13.1 Å². The van der Waals surface area contributed by atoms with Crippen LogP contribution in [0, 0.1) is 5.92 Å². The Morgan fingerprint density at radius 1 is 0.882 bits per heavy atom. The van der Waals surface area contributed by atoms with Crippen LogP contribution in [-0.2, 0) is 11.2 Å². The highest BCUT2D eigenvalue weighted by molar-refractivity contribution is 6.01. The molecule has 4 unspecified atom stereocenters. The molecule has 6 rings (SSSR count). The van der Waals surface area contributed by atoms with Gasteiger partial charge in [-0.05, 0) is 59.4 Å². The van der Waals surface area contributed by atoms with Crippen LogP contribution in [0.15, 0.2) is 78.9 Å². The van der Waals surface area contributed by atoms with Crippen LogP contribution in [0.25, 0.3) is 0 Å². The molecule has 4 heteroatoms. The van der Waals surface area contributed by atoms with E-state index >= 15 is 0 Å². The Hall–Kier alpha value is -3.40. The van der Waals surface area contributed by atoms with Gasteiger partial charge in [-0.3, -0.25) is 9.59 Å². The Labute approximate surface area is 201 Å².